The zero-order valence-electron chi connectivity index (χ0n) is 9.49. The van der Waals surface area contributed by atoms with E-state index in [0.717, 1.165) is 18.4 Å². The lowest BCUT2D eigenvalue weighted by Crippen LogP contribution is -2.33. The van der Waals surface area contributed by atoms with Gasteiger partial charge in [0.1, 0.15) is 5.82 Å². The van der Waals surface area contributed by atoms with Gasteiger partial charge in [0.25, 0.3) is 0 Å². The van der Waals surface area contributed by atoms with Gasteiger partial charge in [0.2, 0.25) is 0 Å². The average molecular weight is 237 g/mol. The molecule has 0 amide bonds. The van der Waals surface area contributed by atoms with Crippen molar-refractivity contribution in [2.24, 2.45) is 10.7 Å². The Labute approximate surface area is 99.4 Å². The van der Waals surface area contributed by atoms with Gasteiger partial charge in [-0.2, -0.15) is 0 Å². The van der Waals surface area contributed by atoms with Crippen molar-refractivity contribution < 1.29 is 9.50 Å². The minimum Gasteiger partial charge on any atom is -0.392 e. The molecule has 1 aliphatic rings. The number of aliphatic imine (C=N–C) groups is 1. The molecule has 1 aromatic carbocycles. The lowest BCUT2D eigenvalue weighted by molar-refractivity contribution is 0.275. The standard InChI is InChI=1S/C12H16FN3O/c13-11-4-1-8(5-9(11)7-17)6-15-12(14)16-10-2-3-10/h1,4-5,10,17H,2-3,6-7H2,(H3,14,15,16). The van der Waals surface area contributed by atoms with Gasteiger partial charge in [0.05, 0.1) is 13.2 Å². The van der Waals surface area contributed by atoms with Crippen LogP contribution in [-0.2, 0) is 13.2 Å². The van der Waals surface area contributed by atoms with Gasteiger partial charge in [0, 0.05) is 11.6 Å². The smallest absolute Gasteiger partial charge is 0.189 e. The van der Waals surface area contributed by atoms with Crippen LogP contribution in [0.4, 0.5) is 4.39 Å². The minimum atomic E-state index is -0.399. The molecule has 2 rings (SSSR count). The van der Waals surface area contributed by atoms with Crippen LogP contribution in [0.5, 0.6) is 0 Å². The quantitative estimate of drug-likeness (QED) is 0.538. The van der Waals surface area contributed by atoms with E-state index < -0.39 is 5.82 Å². The highest BCUT2D eigenvalue weighted by Gasteiger charge is 2.21. The zero-order valence-corrected chi connectivity index (χ0v) is 9.49. The third kappa shape index (κ3) is 3.42. The second kappa shape index (κ2) is 5.14. The first-order valence-corrected chi connectivity index (χ1v) is 5.63. The number of benzene rings is 1. The van der Waals surface area contributed by atoms with E-state index in [1.807, 2.05) is 0 Å². The summed E-state index contributed by atoms with van der Waals surface area (Å²) in [5.74, 6) is 0.0201. The Morgan fingerprint density at radius 3 is 2.94 bits per heavy atom. The Balaban J connectivity index is 1.97. The van der Waals surface area contributed by atoms with Gasteiger partial charge in [-0.15, -0.1) is 0 Å². The average Bonchev–Trinajstić information content (AvgIpc) is 3.12. The van der Waals surface area contributed by atoms with Crippen LogP contribution in [0.2, 0.25) is 0 Å². The molecule has 0 spiro atoms. The maximum absolute atomic E-state index is 13.1. The normalized spacial score (nSPS) is 16.0. The molecule has 0 radical (unpaired) electrons. The van der Waals surface area contributed by atoms with Crippen molar-refractivity contribution >= 4 is 5.96 Å². The molecule has 17 heavy (non-hydrogen) atoms. The molecule has 0 atom stereocenters. The van der Waals surface area contributed by atoms with Crippen LogP contribution < -0.4 is 11.1 Å². The fraction of sp³-hybridized carbons (Fsp3) is 0.417. The van der Waals surface area contributed by atoms with E-state index in [1.54, 1.807) is 12.1 Å². The molecule has 0 aliphatic heterocycles. The molecule has 5 heteroatoms. The van der Waals surface area contributed by atoms with Gasteiger partial charge < -0.3 is 16.2 Å². The van der Waals surface area contributed by atoms with Crippen molar-refractivity contribution in [1.82, 2.24) is 5.32 Å². The van der Waals surface area contributed by atoms with E-state index in [9.17, 15) is 4.39 Å². The summed E-state index contributed by atoms with van der Waals surface area (Å²) >= 11 is 0. The number of aliphatic hydroxyl groups is 1. The maximum atomic E-state index is 13.1. The second-order valence-electron chi connectivity index (χ2n) is 4.20. The molecular weight excluding hydrogens is 221 g/mol. The lowest BCUT2D eigenvalue weighted by Gasteiger charge is -2.05. The predicted molar refractivity (Wildman–Crippen MR) is 63.8 cm³/mol. The highest BCUT2D eigenvalue weighted by molar-refractivity contribution is 5.78. The first-order valence-electron chi connectivity index (χ1n) is 5.63. The minimum absolute atomic E-state index is 0.284. The van der Waals surface area contributed by atoms with Crippen LogP contribution in [0.3, 0.4) is 0 Å². The summed E-state index contributed by atoms with van der Waals surface area (Å²) in [6.45, 7) is 0.0814. The molecule has 1 saturated carbocycles. The van der Waals surface area contributed by atoms with Gasteiger partial charge in [-0.05, 0) is 30.5 Å². The summed E-state index contributed by atoms with van der Waals surface area (Å²) in [6, 6.07) is 5.05. The van der Waals surface area contributed by atoms with E-state index in [4.69, 9.17) is 10.8 Å². The van der Waals surface area contributed by atoms with E-state index in [0.29, 0.717) is 18.5 Å². The van der Waals surface area contributed by atoms with E-state index >= 15 is 0 Å². The SMILES string of the molecule is NC(=NCc1ccc(F)c(CO)c1)NC1CC1. The predicted octanol–water partition coefficient (Wildman–Crippen LogP) is 0.885. The van der Waals surface area contributed by atoms with Crippen LogP contribution in [0.25, 0.3) is 0 Å². The van der Waals surface area contributed by atoms with Crippen molar-refractivity contribution in [3.63, 3.8) is 0 Å². The molecule has 0 saturated heterocycles. The molecule has 0 heterocycles. The molecule has 1 aliphatic carbocycles. The molecule has 0 unspecified atom stereocenters. The number of guanidine groups is 1. The van der Waals surface area contributed by atoms with Crippen molar-refractivity contribution in [2.75, 3.05) is 0 Å². The number of hydrogen-bond acceptors (Lipinski definition) is 2. The second-order valence-corrected chi connectivity index (χ2v) is 4.20. The topological polar surface area (TPSA) is 70.6 Å². The number of nitrogens with zero attached hydrogens (tertiary/aromatic N) is 1. The Morgan fingerprint density at radius 1 is 1.53 bits per heavy atom. The first-order chi connectivity index (χ1) is 8.19. The number of halogens is 1. The van der Waals surface area contributed by atoms with E-state index in [2.05, 4.69) is 10.3 Å². The van der Waals surface area contributed by atoms with Gasteiger partial charge in [-0.3, -0.25) is 0 Å². The molecular formula is C12H16FN3O. The maximum Gasteiger partial charge on any atom is 0.189 e. The van der Waals surface area contributed by atoms with Crippen LogP contribution in [0.1, 0.15) is 24.0 Å². The highest BCUT2D eigenvalue weighted by atomic mass is 19.1. The largest absolute Gasteiger partial charge is 0.392 e. The fourth-order valence-corrected chi connectivity index (χ4v) is 1.51. The Bertz CT molecular complexity index is 430. The number of hydrogen-bond donors (Lipinski definition) is 3. The monoisotopic (exact) mass is 237 g/mol. The van der Waals surface area contributed by atoms with Crippen LogP contribution >= 0.6 is 0 Å². The number of nitrogens with two attached hydrogens (primary N) is 1. The fourth-order valence-electron chi connectivity index (χ4n) is 1.51. The summed E-state index contributed by atoms with van der Waals surface area (Å²) in [6.07, 6.45) is 2.28. The molecule has 0 bridgehead atoms. The molecule has 4 N–H and O–H groups in total. The summed E-state index contributed by atoms with van der Waals surface area (Å²) in [5, 5.41) is 12.0. The summed E-state index contributed by atoms with van der Waals surface area (Å²) in [7, 11) is 0. The van der Waals surface area contributed by atoms with Crippen molar-refractivity contribution in [3.8, 4) is 0 Å². The Hall–Kier alpha value is -1.62. The Morgan fingerprint density at radius 2 is 2.29 bits per heavy atom. The van der Waals surface area contributed by atoms with Crippen molar-refractivity contribution in [1.29, 1.82) is 0 Å². The zero-order chi connectivity index (χ0) is 12.3. The highest BCUT2D eigenvalue weighted by Crippen LogP contribution is 2.18. The molecule has 92 valence electrons. The van der Waals surface area contributed by atoms with Gasteiger partial charge in [-0.25, -0.2) is 9.38 Å². The number of nitrogens with one attached hydrogen (secondary N) is 1. The van der Waals surface area contributed by atoms with Crippen molar-refractivity contribution in [3.05, 3.63) is 35.1 Å². The molecule has 1 fully saturated rings. The Kier molecular flexibility index (Phi) is 3.58. The van der Waals surface area contributed by atoms with Crippen molar-refractivity contribution in [2.45, 2.75) is 32.0 Å². The van der Waals surface area contributed by atoms with Gasteiger partial charge >= 0.3 is 0 Å². The summed E-state index contributed by atoms with van der Waals surface area (Å²) in [5.41, 5.74) is 6.79. The lowest BCUT2D eigenvalue weighted by atomic mass is 10.1. The summed E-state index contributed by atoms with van der Waals surface area (Å²) < 4.78 is 13.1. The van der Waals surface area contributed by atoms with Crippen LogP contribution in [-0.4, -0.2) is 17.1 Å². The van der Waals surface area contributed by atoms with Crippen LogP contribution in [0.15, 0.2) is 23.2 Å². The van der Waals surface area contributed by atoms with E-state index in [-0.39, 0.29) is 12.2 Å². The first kappa shape index (κ1) is 11.9. The third-order valence-corrected chi connectivity index (χ3v) is 2.64. The third-order valence-electron chi connectivity index (χ3n) is 2.64. The van der Waals surface area contributed by atoms with Gasteiger partial charge in [-0.1, -0.05) is 6.07 Å². The van der Waals surface area contributed by atoms with E-state index in [1.165, 1.54) is 6.07 Å². The number of rotatable bonds is 4. The van der Waals surface area contributed by atoms with Crippen LogP contribution in [0, 0.1) is 5.82 Å². The molecule has 0 aromatic heterocycles. The molecule has 1 aromatic rings. The summed E-state index contributed by atoms with van der Waals surface area (Å²) in [4.78, 5) is 4.16. The van der Waals surface area contributed by atoms with Gasteiger partial charge in [0.15, 0.2) is 5.96 Å². The molecule has 4 nitrogen and oxygen atoms in total. The number of aliphatic hydroxyl groups excluding tert-OH is 1.